The summed E-state index contributed by atoms with van der Waals surface area (Å²) in [5, 5.41) is 9.16. The highest BCUT2D eigenvalue weighted by Gasteiger charge is 2.32. The molecular formula is C10H8BrFO2. The third kappa shape index (κ3) is 1.66. The highest BCUT2D eigenvalue weighted by molar-refractivity contribution is 9.10. The lowest BCUT2D eigenvalue weighted by Crippen LogP contribution is -2.04. The van der Waals surface area contributed by atoms with Gasteiger partial charge in [-0.05, 0) is 34.8 Å². The normalized spacial score (nSPS) is 15.6. The van der Waals surface area contributed by atoms with Gasteiger partial charge in [0.2, 0.25) is 0 Å². The summed E-state index contributed by atoms with van der Waals surface area (Å²) in [6.07, 6.45) is 1.69. The average molecular weight is 259 g/mol. The van der Waals surface area contributed by atoms with Crippen LogP contribution in [0.15, 0.2) is 16.6 Å². The Kier molecular flexibility index (Phi) is 2.31. The molecule has 1 aromatic rings. The lowest BCUT2D eigenvalue weighted by molar-refractivity contribution is 0.0963. The zero-order chi connectivity index (χ0) is 10.3. The van der Waals surface area contributed by atoms with Gasteiger partial charge in [-0.25, -0.2) is 4.39 Å². The molecule has 0 aromatic heterocycles. The van der Waals surface area contributed by atoms with Crippen molar-refractivity contribution >= 4 is 21.7 Å². The van der Waals surface area contributed by atoms with Crippen molar-refractivity contribution in [1.82, 2.24) is 0 Å². The smallest absolute Gasteiger partial charge is 0.168 e. The van der Waals surface area contributed by atoms with E-state index in [1.165, 1.54) is 6.07 Å². The Balaban J connectivity index is 2.41. The van der Waals surface area contributed by atoms with Gasteiger partial charge in [0.25, 0.3) is 0 Å². The molecule has 1 aliphatic carbocycles. The van der Waals surface area contributed by atoms with Gasteiger partial charge in [0.1, 0.15) is 11.6 Å². The van der Waals surface area contributed by atoms with Gasteiger partial charge in [-0.3, -0.25) is 4.79 Å². The van der Waals surface area contributed by atoms with Crippen molar-refractivity contribution in [1.29, 1.82) is 0 Å². The summed E-state index contributed by atoms with van der Waals surface area (Å²) in [4.78, 5) is 11.5. The van der Waals surface area contributed by atoms with E-state index in [1.54, 1.807) is 0 Å². The summed E-state index contributed by atoms with van der Waals surface area (Å²) in [6, 6.07) is 2.30. The Labute approximate surface area is 88.9 Å². The molecule has 1 aliphatic rings. The molecule has 74 valence electrons. The van der Waals surface area contributed by atoms with Crippen molar-refractivity contribution in [2.24, 2.45) is 5.92 Å². The van der Waals surface area contributed by atoms with Crippen LogP contribution in [0, 0.1) is 11.7 Å². The van der Waals surface area contributed by atoms with Gasteiger partial charge < -0.3 is 5.11 Å². The lowest BCUT2D eigenvalue weighted by atomic mass is 10.1. The van der Waals surface area contributed by atoms with Gasteiger partial charge >= 0.3 is 0 Å². The highest BCUT2D eigenvalue weighted by Crippen LogP contribution is 2.35. The van der Waals surface area contributed by atoms with Crippen molar-refractivity contribution in [3.05, 3.63) is 28.0 Å². The minimum absolute atomic E-state index is 0.0130. The Hall–Kier alpha value is -0.900. The first kappa shape index (κ1) is 9.65. The van der Waals surface area contributed by atoms with Crippen LogP contribution in [0.2, 0.25) is 0 Å². The number of rotatable bonds is 2. The van der Waals surface area contributed by atoms with Crippen molar-refractivity contribution in [3.63, 3.8) is 0 Å². The first-order valence-corrected chi connectivity index (χ1v) is 5.11. The van der Waals surface area contributed by atoms with E-state index < -0.39 is 5.82 Å². The van der Waals surface area contributed by atoms with Gasteiger partial charge in [0.15, 0.2) is 5.78 Å². The molecule has 1 saturated carbocycles. The Bertz CT molecular complexity index is 399. The number of phenols is 1. The summed E-state index contributed by atoms with van der Waals surface area (Å²) in [6.45, 7) is 0. The summed E-state index contributed by atoms with van der Waals surface area (Å²) in [5.41, 5.74) is 0.0668. The molecule has 0 heterocycles. The van der Waals surface area contributed by atoms with E-state index in [-0.39, 0.29) is 23.0 Å². The second-order valence-electron chi connectivity index (χ2n) is 3.42. The molecule has 1 N–H and O–H groups in total. The molecule has 0 radical (unpaired) electrons. The Morgan fingerprint density at radius 3 is 2.71 bits per heavy atom. The molecule has 0 atom stereocenters. The topological polar surface area (TPSA) is 37.3 Å². The van der Waals surface area contributed by atoms with E-state index >= 15 is 0 Å². The monoisotopic (exact) mass is 258 g/mol. The fourth-order valence-electron chi connectivity index (χ4n) is 1.29. The maximum Gasteiger partial charge on any atom is 0.168 e. The second-order valence-corrected chi connectivity index (χ2v) is 4.28. The number of Topliss-reactive ketones (excluding diaryl/α,β-unsaturated/α-hetero) is 1. The number of aromatic hydroxyl groups is 1. The number of carbonyl (C=O) groups is 1. The van der Waals surface area contributed by atoms with E-state index in [4.69, 9.17) is 5.11 Å². The van der Waals surface area contributed by atoms with Crippen LogP contribution >= 0.6 is 15.9 Å². The minimum Gasteiger partial charge on any atom is -0.507 e. The number of phenolic OH excluding ortho intramolecular Hbond substituents is 1. The van der Waals surface area contributed by atoms with E-state index in [0.717, 1.165) is 18.9 Å². The average Bonchev–Trinajstić information content (AvgIpc) is 2.93. The molecule has 2 rings (SSSR count). The maximum absolute atomic E-state index is 13.3. The predicted molar refractivity (Wildman–Crippen MR) is 52.8 cm³/mol. The number of hydrogen-bond acceptors (Lipinski definition) is 2. The van der Waals surface area contributed by atoms with Crippen molar-refractivity contribution < 1.29 is 14.3 Å². The fraction of sp³-hybridized carbons (Fsp3) is 0.300. The number of hydrogen-bond donors (Lipinski definition) is 1. The van der Waals surface area contributed by atoms with E-state index in [1.807, 2.05) is 0 Å². The number of ketones is 1. The van der Waals surface area contributed by atoms with Gasteiger partial charge in [0.05, 0.1) is 10.0 Å². The molecular weight excluding hydrogens is 251 g/mol. The molecule has 1 fully saturated rings. The molecule has 0 bridgehead atoms. The Morgan fingerprint density at radius 1 is 1.50 bits per heavy atom. The molecule has 0 aliphatic heterocycles. The molecule has 1 aromatic carbocycles. The summed E-state index contributed by atoms with van der Waals surface area (Å²) < 4.78 is 13.6. The number of halogens is 2. The predicted octanol–water partition coefficient (Wildman–Crippen LogP) is 2.89. The van der Waals surface area contributed by atoms with Crippen molar-refractivity contribution in [3.8, 4) is 5.75 Å². The molecule has 0 spiro atoms. The molecule has 0 amide bonds. The summed E-state index contributed by atoms with van der Waals surface area (Å²) >= 11 is 3.05. The van der Waals surface area contributed by atoms with Crippen LogP contribution < -0.4 is 0 Å². The van der Waals surface area contributed by atoms with Crippen LogP contribution in [0.25, 0.3) is 0 Å². The lowest BCUT2D eigenvalue weighted by Gasteiger charge is -2.03. The highest BCUT2D eigenvalue weighted by atomic mass is 79.9. The molecule has 0 unspecified atom stereocenters. The molecule has 4 heteroatoms. The second kappa shape index (κ2) is 3.35. The van der Waals surface area contributed by atoms with Crippen molar-refractivity contribution in [2.45, 2.75) is 12.8 Å². The number of carbonyl (C=O) groups excluding carboxylic acids is 1. The number of benzene rings is 1. The summed E-state index contributed by atoms with van der Waals surface area (Å²) in [5.74, 6) is -1.01. The third-order valence-corrected chi connectivity index (χ3v) is 2.89. The molecule has 2 nitrogen and oxygen atoms in total. The van der Waals surface area contributed by atoms with E-state index in [0.29, 0.717) is 4.47 Å². The maximum atomic E-state index is 13.3. The zero-order valence-corrected chi connectivity index (χ0v) is 8.84. The van der Waals surface area contributed by atoms with Gasteiger partial charge in [-0.2, -0.15) is 0 Å². The fourth-order valence-corrected chi connectivity index (χ4v) is 1.63. The Morgan fingerprint density at radius 2 is 2.14 bits per heavy atom. The standard InChI is InChI=1S/C10H8BrFO2/c11-7-3-6(8(12)4-9(7)13)10(14)5-1-2-5/h3-5,13H,1-2H2. The SMILES string of the molecule is O=C(c1cc(Br)c(O)cc1F)C1CC1. The first-order valence-electron chi connectivity index (χ1n) is 4.32. The quantitative estimate of drug-likeness (QED) is 0.829. The van der Waals surface area contributed by atoms with Crippen LogP contribution in [0.4, 0.5) is 4.39 Å². The van der Waals surface area contributed by atoms with Gasteiger partial charge in [-0.15, -0.1) is 0 Å². The van der Waals surface area contributed by atoms with Crippen LogP contribution in [0.5, 0.6) is 5.75 Å². The molecule has 0 saturated heterocycles. The first-order chi connectivity index (χ1) is 6.59. The zero-order valence-electron chi connectivity index (χ0n) is 7.26. The molecule has 14 heavy (non-hydrogen) atoms. The largest absolute Gasteiger partial charge is 0.507 e. The van der Waals surface area contributed by atoms with Gasteiger partial charge in [0, 0.05) is 12.0 Å². The minimum atomic E-state index is -0.650. The van der Waals surface area contributed by atoms with E-state index in [9.17, 15) is 9.18 Å². The summed E-state index contributed by atoms with van der Waals surface area (Å²) in [7, 11) is 0. The van der Waals surface area contributed by atoms with Crippen LogP contribution in [-0.4, -0.2) is 10.9 Å². The van der Waals surface area contributed by atoms with Crippen LogP contribution in [-0.2, 0) is 0 Å². The van der Waals surface area contributed by atoms with Crippen LogP contribution in [0.3, 0.4) is 0 Å². The van der Waals surface area contributed by atoms with Crippen molar-refractivity contribution in [2.75, 3.05) is 0 Å². The van der Waals surface area contributed by atoms with E-state index in [2.05, 4.69) is 15.9 Å². The van der Waals surface area contributed by atoms with Crippen LogP contribution in [0.1, 0.15) is 23.2 Å². The third-order valence-electron chi connectivity index (χ3n) is 2.25. The van der Waals surface area contributed by atoms with Gasteiger partial charge in [-0.1, -0.05) is 0 Å².